The van der Waals surface area contributed by atoms with E-state index in [1.54, 1.807) is 7.11 Å². The molecule has 2 unspecified atom stereocenters. The third-order valence-electron chi connectivity index (χ3n) is 4.16. The molecule has 0 aromatic rings. The normalized spacial score (nSPS) is 27.5. The molecule has 0 aromatic heterocycles. The Morgan fingerprint density at radius 1 is 1.42 bits per heavy atom. The molecule has 0 aromatic carbocycles. The highest BCUT2D eigenvalue weighted by Crippen LogP contribution is 2.39. The third kappa shape index (κ3) is 3.93. The summed E-state index contributed by atoms with van der Waals surface area (Å²) in [5.41, 5.74) is -0.513. The summed E-state index contributed by atoms with van der Waals surface area (Å²) < 4.78 is 10.5. The molecular weight excluding hydrogens is 242 g/mol. The molecule has 1 saturated carbocycles. The van der Waals surface area contributed by atoms with E-state index in [9.17, 15) is 4.79 Å². The lowest BCUT2D eigenvalue weighted by Crippen LogP contribution is -2.61. The number of hydrogen-bond acceptors (Lipinski definition) is 4. The van der Waals surface area contributed by atoms with Crippen molar-refractivity contribution >= 4 is 5.97 Å². The number of ether oxygens (including phenoxy) is 2. The molecule has 0 spiro atoms. The average molecular weight is 271 g/mol. The molecule has 0 saturated heterocycles. The summed E-state index contributed by atoms with van der Waals surface area (Å²) in [6.07, 6.45) is 4.26. The van der Waals surface area contributed by atoms with Gasteiger partial charge in [0.1, 0.15) is 5.54 Å². The van der Waals surface area contributed by atoms with E-state index >= 15 is 0 Å². The Morgan fingerprint density at radius 2 is 2.16 bits per heavy atom. The second kappa shape index (κ2) is 7.85. The maximum Gasteiger partial charge on any atom is 0.326 e. The molecule has 112 valence electrons. The van der Waals surface area contributed by atoms with Crippen LogP contribution in [0.3, 0.4) is 0 Å². The lowest BCUT2D eigenvalue weighted by Gasteiger charge is -2.44. The fraction of sp³-hybridized carbons (Fsp3) is 0.933. The number of esters is 1. The highest BCUT2D eigenvalue weighted by Gasteiger charge is 2.48. The molecule has 1 N–H and O–H groups in total. The smallest absolute Gasteiger partial charge is 0.326 e. The van der Waals surface area contributed by atoms with Gasteiger partial charge in [0.2, 0.25) is 0 Å². The molecule has 1 aliphatic carbocycles. The number of methoxy groups -OCH3 is 1. The van der Waals surface area contributed by atoms with Gasteiger partial charge < -0.3 is 9.47 Å². The molecule has 1 rings (SSSR count). The van der Waals surface area contributed by atoms with Crippen LogP contribution in [0.1, 0.15) is 46.5 Å². The number of rotatable bonds is 7. The van der Waals surface area contributed by atoms with E-state index in [-0.39, 0.29) is 5.97 Å². The summed E-state index contributed by atoms with van der Waals surface area (Å²) in [5, 5.41) is 3.45. The van der Waals surface area contributed by atoms with Crippen molar-refractivity contribution in [2.75, 3.05) is 26.9 Å². The molecule has 0 bridgehead atoms. The van der Waals surface area contributed by atoms with Gasteiger partial charge in [-0.15, -0.1) is 0 Å². The van der Waals surface area contributed by atoms with Crippen molar-refractivity contribution in [1.82, 2.24) is 5.32 Å². The van der Waals surface area contributed by atoms with Gasteiger partial charge in [0, 0.05) is 13.7 Å². The standard InChI is InChI=1S/C15H29NO3/c1-5-19-14(17)15(16-10-11-18-4)9-7-6-8-13(15)12(2)3/h12-13,16H,5-11H2,1-4H3. The molecule has 0 amide bonds. The zero-order valence-corrected chi connectivity index (χ0v) is 12.8. The van der Waals surface area contributed by atoms with Crippen LogP contribution in [0.5, 0.6) is 0 Å². The predicted molar refractivity (Wildman–Crippen MR) is 76.0 cm³/mol. The Morgan fingerprint density at radius 3 is 2.74 bits per heavy atom. The van der Waals surface area contributed by atoms with Crippen LogP contribution in [0.2, 0.25) is 0 Å². The van der Waals surface area contributed by atoms with Gasteiger partial charge in [-0.3, -0.25) is 10.1 Å². The van der Waals surface area contributed by atoms with Crippen molar-refractivity contribution in [3.8, 4) is 0 Å². The van der Waals surface area contributed by atoms with E-state index in [4.69, 9.17) is 9.47 Å². The molecule has 0 radical (unpaired) electrons. The number of carbonyl (C=O) groups is 1. The van der Waals surface area contributed by atoms with Gasteiger partial charge in [0.25, 0.3) is 0 Å². The van der Waals surface area contributed by atoms with Crippen molar-refractivity contribution in [3.63, 3.8) is 0 Å². The van der Waals surface area contributed by atoms with E-state index in [1.807, 2.05) is 6.92 Å². The van der Waals surface area contributed by atoms with E-state index in [1.165, 1.54) is 6.42 Å². The maximum absolute atomic E-state index is 12.5. The topological polar surface area (TPSA) is 47.6 Å². The predicted octanol–water partition coefficient (Wildman–Crippen LogP) is 2.37. The average Bonchev–Trinajstić information content (AvgIpc) is 2.39. The van der Waals surface area contributed by atoms with Crippen LogP contribution in [0.15, 0.2) is 0 Å². The SMILES string of the molecule is CCOC(=O)C1(NCCOC)CCCCC1C(C)C. The van der Waals surface area contributed by atoms with Crippen LogP contribution in [-0.2, 0) is 14.3 Å². The summed E-state index contributed by atoms with van der Waals surface area (Å²) in [7, 11) is 1.68. The summed E-state index contributed by atoms with van der Waals surface area (Å²) in [4.78, 5) is 12.5. The number of carbonyl (C=O) groups excluding carboxylic acids is 1. The van der Waals surface area contributed by atoms with Gasteiger partial charge in [-0.2, -0.15) is 0 Å². The first kappa shape index (κ1) is 16.4. The van der Waals surface area contributed by atoms with E-state index in [2.05, 4.69) is 19.2 Å². The zero-order chi connectivity index (χ0) is 14.3. The van der Waals surface area contributed by atoms with Crippen LogP contribution in [0, 0.1) is 11.8 Å². The van der Waals surface area contributed by atoms with Crippen molar-refractivity contribution in [2.45, 2.75) is 52.0 Å². The Balaban J connectivity index is 2.89. The first-order valence-electron chi connectivity index (χ1n) is 7.49. The van der Waals surface area contributed by atoms with E-state index in [0.29, 0.717) is 31.6 Å². The lowest BCUT2D eigenvalue weighted by molar-refractivity contribution is -0.157. The molecular formula is C15H29NO3. The molecule has 0 heterocycles. The van der Waals surface area contributed by atoms with Gasteiger partial charge in [0.15, 0.2) is 0 Å². The molecule has 1 aliphatic rings. The molecule has 4 heteroatoms. The minimum atomic E-state index is -0.513. The minimum absolute atomic E-state index is 0.0792. The minimum Gasteiger partial charge on any atom is -0.465 e. The lowest BCUT2D eigenvalue weighted by atomic mass is 9.67. The van der Waals surface area contributed by atoms with Gasteiger partial charge in [-0.05, 0) is 31.6 Å². The van der Waals surface area contributed by atoms with Gasteiger partial charge in [-0.1, -0.05) is 26.7 Å². The maximum atomic E-state index is 12.5. The Hall–Kier alpha value is -0.610. The van der Waals surface area contributed by atoms with Gasteiger partial charge in [-0.25, -0.2) is 0 Å². The van der Waals surface area contributed by atoms with E-state index < -0.39 is 5.54 Å². The quantitative estimate of drug-likeness (QED) is 0.570. The first-order chi connectivity index (χ1) is 9.08. The molecule has 0 aliphatic heterocycles. The van der Waals surface area contributed by atoms with Crippen LogP contribution < -0.4 is 5.32 Å². The highest BCUT2D eigenvalue weighted by atomic mass is 16.5. The Labute approximate surface area is 117 Å². The molecule has 1 fully saturated rings. The van der Waals surface area contributed by atoms with Crippen molar-refractivity contribution < 1.29 is 14.3 Å². The summed E-state index contributed by atoms with van der Waals surface area (Å²) >= 11 is 0. The summed E-state index contributed by atoms with van der Waals surface area (Å²) in [6, 6.07) is 0. The van der Waals surface area contributed by atoms with Crippen LogP contribution in [-0.4, -0.2) is 38.4 Å². The van der Waals surface area contributed by atoms with Gasteiger partial charge in [0.05, 0.1) is 13.2 Å². The summed E-state index contributed by atoms with van der Waals surface area (Å²) in [5.74, 6) is 0.737. The molecule has 19 heavy (non-hydrogen) atoms. The number of hydrogen-bond donors (Lipinski definition) is 1. The highest BCUT2D eigenvalue weighted by molar-refractivity contribution is 5.81. The zero-order valence-electron chi connectivity index (χ0n) is 12.8. The molecule has 4 nitrogen and oxygen atoms in total. The van der Waals surface area contributed by atoms with Crippen LogP contribution in [0.25, 0.3) is 0 Å². The fourth-order valence-corrected chi connectivity index (χ4v) is 3.28. The third-order valence-corrected chi connectivity index (χ3v) is 4.16. The molecule has 2 atom stereocenters. The fourth-order valence-electron chi connectivity index (χ4n) is 3.28. The second-order valence-corrected chi connectivity index (χ2v) is 5.71. The first-order valence-corrected chi connectivity index (χ1v) is 7.49. The van der Waals surface area contributed by atoms with E-state index in [0.717, 1.165) is 19.3 Å². The van der Waals surface area contributed by atoms with Crippen molar-refractivity contribution in [2.24, 2.45) is 11.8 Å². The largest absolute Gasteiger partial charge is 0.465 e. The van der Waals surface area contributed by atoms with Crippen LogP contribution >= 0.6 is 0 Å². The number of nitrogens with one attached hydrogen (secondary N) is 1. The summed E-state index contributed by atoms with van der Waals surface area (Å²) in [6.45, 7) is 8.01. The Kier molecular flexibility index (Phi) is 6.80. The van der Waals surface area contributed by atoms with Crippen LogP contribution in [0.4, 0.5) is 0 Å². The van der Waals surface area contributed by atoms with Crippen molar-refractivity contribution in [1.29, 1.82) is 0 Å². The monoisotopic (exact) mass is 271 g/mol. The Bertz CT molecular complexity index is 281. The van der Waals surface area contributed by atoms with Gasteiger partial charge >= 0.3 is 5.97 Å². The van der Waals surface area contributed by atoms with Crippen molar-refractivity contribution in [3.05, 3.63) is 0 Å². The second-order valence-electron chi connectivity index (χ2n) is 5.71.